The van der Waals surface area contributed by atoms with Gasteiger partial charge < -0.3 is 5.32 Å². The summed E-state index contributed by atoms with van der Waals surface area (Å²) in [6, 6.07) is 12.4. The molecule has 0 atom stereocenters. The third kappa shape index (κ3) is 3.03. The molecule has 0 heterocycles. The Balaban J connectivity index is 1.82. The number of benzene rings is 2. The average Bonchev–Trinajstić information content (AvgIpc) is 3.20. The molecule has 0 radical (unpaired) electrons. The molecule has 0 aromatic heterocycles. The Morgan fingerprint density at radius 1 is 0.952 bits per heavy atom. The van der Waals surface area contributed by atoms with E-state index in [0.29, 0.717) is 20.6 Å². The maximum Gasteiger partial charge on any atom is 0.253 e. The van der Waals surface area contributed by atoms with Gasteiger partial charge in [-0.25, -0.2) is 0 Å². The van der Waals surface area contributed by atoms with Crippen LogP contribution in [0, 0.1) is 0 Å². The summed E-state index contributed by atoms with van der Waals surface area (Å²) in [7, 11) is 0. The van der Waals surface area contributed by atoms with Crippen molar-refractivity contribution in [2.45, 2.75) is 18.4 Å². The van der Waals surface area contributed by atoms with Crippen LogP contribution in [-0.4, -0.2) is 5.91 Å². The predicted octanol–water partition coefficient (Wildman–Crippen LogP) is 5.07. The number of hydrogen-bond donors (Lipinski definition) is 1. The molecule has 108 valence electrons. The van der Waals surface area contributed by atoms with Crippen LogP contribution in [0.1, 0.15) is 28.8 Å². The van der Waals surface area contributed by atoms with Gasteiger partial charge in [-0.05, 0) is 48.7 Å². The van der Waals surface area contributed by atoms with Crippen molar-refractivity contribution >= 4 is 40.7 Å². The second-order valence-electron chi connectivity index (χ2n) is 5.17. The Kier molecular flexibility index (Phi) is 3.87. The van der Waals surface area contributed by atoms with Gasteiger partial charge in [-0.15, -0.1) is 0 Å². The highest BCUT2D eigenvalue weighted by Crippen LogP contribution is 2.46. The summed E-state index contributed by atoms with van der Waals surface area (Å²) in [5.41, 5.74) is 1.19. The van der Waals surface area contributed by atoms with Crippen LogP contribution >= 0.6 is 34.8 Å². The Morgan fingerprint density at radius 2 is 1.57 bits per heavy atom. The zero-order chi connectivity index (χ0) is 15.0. The number of hydrogen-bond acceptors (Lipinski definition) is 1. The normalized spacial score (nSPS) is 15.6. The van der Waals surface area contributed by atoms with Gasteiger partial charge in [-0.2, -0.15) is 0 Å². The van der Waals surface area contributed by atoms with Crippen molar-refractivity contribution in [2.24, 2.45) is 0 Å². The first-order valence-corrected chi connectivity index (χ1v) is 7.67. The van der Waals surface area contributed by atoms with Crippen LogP contribution in [0.15, 0.2) is 42.5 Å². The van der Waals surface area contributed by atoms with E-state index in [1.165, 1.54) is 0 Å². The van der Waals surface area contributed by atoms with Gasteiger partial charge in [-0.1, -0.05) is 46.9 Å². The molecule has 3 rings (SSSR count). The molecule has 1 amide bonds. The lowest BCUT2D eigenvalue weighted by molar-refractivity contribution is 0.0931. The molecule has 0 spiro atoms. The number of nitrogens with one attached hydrogen (secondary N) is 1. The fourth-order valence-corrected chi connectivity index (χ4v) is 2.96. The fourth-order valence-electron chi connectivity index (χ4n) is 2.34. The molecule has 0 bridgehead atoms. The van der Waals surface area contributed by atoms with Gasteiger partial charge in [-0.3, -0.25) is 4.79 Å². The highest BCUT2D eigenvalue weighted by atomic mass is 35.5. The summed E-state index contributed by atoms with van der Waals surface area (Å²) in [5, 5.41) is 4.62. The van der Waals surface area contributed by atoms with Crippen molar-refractivity contribution < 1.29 is 4.79 Å². The third-order valence-corrected chi connectivity index (χ3v) is 4.48. The highest BCUT2D eigenvalue weighted by Gasteiger charge is 2.45. The minimum absolute atomic E-state index is 0.191. The molecule has 1 saturated carbocycles. The molecular weight excluding hydrogens is 329 g/mol. The number of carbonyl (C=O) groups excluding carboxylic acids is 1. The van der Waals surface area contributed by atoms with E-state index >= 15 is 0 Å². The molecule has 1 fully saturated rings. The second kappa shape index (κ2) is 5.53. The van der Waals surface area contributed by atoms with Gasteiger partial charge in [0.1, 0.15) is 0 Å². The lowest BCUT2D eigenvalue weighted by Crippen LogP contribution is -2.35. The van der Waals surface area contributed by atoms with E-state index < -0.39 is 0 Å². The minimum Gasteiger partial charge on any atom is -0.342 e. The summed E-state index contributed by atoms with van der Waals surface area (Å²) in [5.74, 6) is -0.191. The van der Waals surface area contributed by atoms with Crippen molar-refractivity contribution in [1.29, 1.82) is 0 Å². The van der Waals surface area contributed by atoms with E-state index in [1.54, 1.807) is 18.2 Å². The Bertz CT molecular complexity index is 693. The first kappa shape index (κ1) is 14.7. The van der Waals surface area contributed by atoms with Gasteiger partial charge >= 0.3 is 0 Å². The van der Waals surface area contributed by atoms with Crippen molar-refractivity contribution in [2.75, 3.05) is 0 Å². The second-order valence-corrected chi connectivity index (χ2v) is 6.45. The average molecular weight is 341 g/mol. The van der Waals surface area contributed by atoms with E-state index in [2.05, 4.69) is 5.32 Å². The van der Waals surface area contributed by atoms with E-state index in [-0.39, 0.29) is 11.4 Å². The Morgan fingerprint density at radius 3 is 2.14 bits per heavy atom. The van der Waals surface area contributed by atoms with Crippen molar-refractivity contribution in [3.05, 3.63) is 68.7 Å². The van der Waals surface area contributed by atoms with Gasteiger partial charge in [0.2, 0.25) is 0 Å². The predicted molar refractivity (Wildman–Crippen MR) is 86.3 cm³/mol. The Labute approximate surface area is 138 Å². The molecule has 2 aromatic rings. The first-order valence-electron chi connectivity index (χ1n) is 6.54. The van der Waals surface area contributed by atoms with E-state index in [0.717, 1.165) is 18.4 Å². The Hall–Kier alpha value is -1.22. The van der Waals surface area contributed by atoms with Gasteiger partial charge in [0.05, 0.1) is 16.1 Å². The summed E-state index contributed by atoms with van der Waals surface area (Å²) in [4.78, 5) is 12.4. The van der Waals surface area contributed by atoms with Crippen LogP contribution in [0.4, 0.5) is 0 Å². The molecule has 0 unspecified atom stereocenters. The highest BCUT2D eigenvalue weighted by molar-refractivity contribution is 6.36. The molecule has 1 aliphatic rings. The molecule has 0 saturated heterocycles. The molecule has 1 N–H and O–H groups in total. The maximum atomic E-state index is 12.4. The molecule has 21 heavy (non-hydrogen) atoms. The van der Waals surface area contributed by atoms with Crippen LogP contribution < -0.4 is 5.32 Å². The zero-order valence-corrected chi connectivity index (χ0v) is 13.3. The monoisotopic (exact) mass is 339 g/mol. The third-order valence-electron chi connectivity index (χ3n) is 3.68. The minimum atomic E-state index is -0.301. The SMILES string of the molecule is O=C(NC1(c2ccc(Cl)cc2)CC1)c1ccc(Cl)cc1Cl. The van der Waals surface area contributed by atoms with Crippen LogP contribution in [0.3, 0.4) is 0 Å². The van der Waals surface area contributed by atoms with E-state index in [1.807, 2.05) is 24.3 Å². The molecule has 5 heteroatoms. The fraction of sp³-hybridized carbons (Fsp3) is 0.188. The lowest BCUT2D eigenvalue weighted by atomic mass is 10.0. The van der Waals surface area contributed by atoms with Crippen molar-refractivity contribution in [1.82, 2.24) is 5.32 Å². The lowest BCUT2D eigenvalue weighted by Gasteiger charge is -2.18. The van der Waals surface area contributed by atoms with Gasteiger partial charge in [0, 0.05) is 10.0 Å². The summed E-state index contributed by atoms with van der Waals surface area (Å²) >= 11 is 17.8. The zero-order valence-electron chi connectivity index (χ0n) is 11.0. The van der Waals surface area contributed by atoms with Crippen molar-refractivity contribution in [3.63, 3.8) is 0 Å². The van der Waals surface area contributed by atoms with E-state index in [9.17, 15) is 4.79 Å². The summed E-state index contributed by atoms with van der Waals surface area (Å²) in [6.07, 6.45) is 1.82. The van der Waals surface area contributed by atoms with E-state index in [4.69, 9.17) is 34.8 Å². The standard InChI is InChI=1S/C16H12Cl3NO/c17-11-3-1-10(2-4-11)16(7-8-16)20-15(21)13-6-5-12(18)9-14(13)19/h1-6,9H,7-8H2,(H,20,21). The molecule has 2 nitrogen and oxygen atoms in total. The number of halogens is 3. The van der Waals surface area contributed by atoms with Crippen LogP contribution in [0.2, 0.25) is 15.1 Å². The van der Waals surface area contributed by atoms with Gasteiger partial charge in [0.15, 0.2) is 0 Å². The quantitative estimate of drug-likeness (QED) is 0.830. The van der Waals surface area contributed by atoms with Crippen LogP contribution in [0.25, 0.3) is 0 Å². The van der Waals surface area contributed by atoms with Crippen LogP contribution in [-0.2, 0) is 5.54 Å². The maximum absolute atomic E-state index is 12.4. The molecule has 0 aliphatic heterocycles. The smallest absolute Gasteiger partial charge is 0.253 e. The topological polar surface area (TPSA) is 29.1 Å². The first-order chi connectivity index (χ1) is 10.00. The summed E-state index contributed by atoms with van der Waals surface area (Å²) < 4.78 is 0. The summed E-state index contributed by atoms with van der Waals surface area (Å²) in [6.45, 7) is 0. The van der Waals surface area contributed by atoms with Crippen LogP contribution in [0.5, 0.6) is 0 Å². The number of carbonyl (C=O) groups is 1. The molecule has 2 aromatic carbocycles. The number of amides is 1. The molecule has 1 aliphatic carbocycles. The molecular formula is C16H12Cl3NO. The largest absolute Gasteiger partial charge is 0.342 e. The van der Waals surface area contributed by atoms with Crippen molar-refractivity contribution in [3.8, 4) is 0 Å². The van der Waals surface area contributed by atoms with Gasteiger partial charge in [0.25, 0.3) is 5.91 Å². The number of rotatable bonds is 3.